The van der Waals surface area contributed by atoms with Crippen LogP contribution in [0.3, 0.4) is 0 Å². The molecule has 1 aromatic heterocycles. The van der Waals surface area contributed by atoms with Crippen LogP contribution in [-0.4, -0.2) is 30.8 Å². The molecule has 0 amide bonds. The van der Waals surface area contributed by atoms with Crippen molar-refractivity contribution < 1.29 is 4.74 Å². The quantitative estimate of drug-likeness (QED) is 0.911. The van der Waals surface area contributed by atoms with Crippen LogP contribution in [0, 0.1) is 0 Å². The lowest BCUT2D eigenvalue weighted by molar-refractivity contribution is 0.0384. The minimum Gasteiger partial charge on any atom is -0.375 e. The van der Waals surface area contributed by atoms with E-state index in [2.05, 4.69) is 25.7 Å². The summed E-state index contributed by atoms with van der Waals surface area (Å²) in [6.07, 6.45) is 1.40. The number of morpholine rings is 1. The first-order valence-corrected chi connectivity index (χ1v) is 7.53. The fraction of sp³-hybridized carbons (Fsp3) is 0.769. The predicted molar refractivity (Wildman–Crippen MR) is 76.3 cm³/mol. The molecule has 2 heterocycles. The Bertz CT molecular complexity index is 392. The minimum absolute atomic E-state index is 0.339. The molecule has 0 spiro atoms. The van der Waals surface area contributed by atoms with Gasteiger partial charge in [0.05, 0.1) is 18.4 Å². The molecule has 0 bridgehead atoms. The van der Waals surface area contributed by atoms with Gasteiger partial charge in [0.1, 0.15) is 0 Å². The van der Waals surface area contributed by atoms with Crippen molar-refractivity contribution in [1.29, 1.82) is 0 Å². The molecule has 1 aliphatic heterocycles. The first-order valence-electron chi connectivity index (χ1n) is 6.71. The van der Waals surface area contributed by atoms with Gasteiger partial charge in [-0.3, -0.25) is 0 Å². The zero-order valence-electron chi connectivity index (χ0n) is 11.5. The van der Waals surface area contributed by atoms with Gasteiger partial charge in [0.2, 0.25) is 0 Å². The van der Waals surface area contributed by atoms with E-state index in [1.807, 2.05) is 0 Å². The summed E-state index contributed by atoms with van der Waals surface area (Å²) in [4.78, 5) is 8.34. The highest BCUT2D eigenvalue weighted by atomic mass is 32.1. The zero-order valence-corrected chi connectivity index (χ0v) is 12.3. The van der Waals surface area contributed by atoms with Crippen molar-refractivity contribution in [3.63, 3.8) is 0 Å². The van der Waals surface area contributed by atoms with Crippen LogP contribution in [-0.2, 0) is 11.3 Å². The van der Waals surface area contributed by atoms with Gasteiger partial charge in [0.25, 0.3) is 0 Å². The fourth-order valence-electron chi connectivity index (χ4n) is 2.22. The number of hydrogen-bond acceptors (Lipinski definition) is 5. The van der Waals surface area contributed by atoms with Crippen LogP contribution >= 0.6 is 11.3 Å². The Labute approximate surface area is 113 Å². The first-order chi connectivity index (χ1) is 8.65. The van der Waals surface area contributed by atoms with Crippen LogP contribution in [0.1, 0.15) is 43.7 Å². The van der Waals surface area contributed by atoms with E-state index in [1.54, 1.807) is 11.3 Å². The molecular weight excluding hydrogens is 246 g/mol. The van der Waals surface area contributed by atoms with E-state index < -0.39 is 0 Å². The summed E-state index contributed by atoms with van der Waals surface area (Å²) < 4.78 is 5.70. The number of aromatic nitrogens is 1. The van der Waals surface area contributed by atoms with Crippen LogP contribution in [0.5, 0.6) is 0 Å². The largest absolute Gasteiger partial charge is 0.375 e. The van der Waals surface area contributed by atoms with Crippen molar-refractivity contribution in [3.8, 4) is 0 Å². The number of nitrogens with zero attached hydrogens (tertiary/aromatic N) is 2. The maximum absolute atomic E-state index is 5.81. The van der Waals surface area contributed by atoms with Crippen LogP contribution in [0.2, 0.25) is 0 Å². The molecule has 102 valence electrons. The Hall–Kier alpha value is -0.650. The molecule has 2 rings (SSSR count). The van der Waals surface area contributed by atoms with E-state index in [0.29, 0.717) is 18.6 Å². The number of anilines is 1. The number of ether oxygens (including phenoxy) is 1. The Morgan fingerprint density at radius 3 is 2.89 bits per heavy atom. The molecule has 4 nitrogen and oxygen atoms in total. The Balaban J connectivity index is 2.17. The highest BCUT2D eigenvalue weighted by Crippen LogP contribution is 2.31. The SMILES string of the molecule is CCC1CN(c2nc(C(C)C)c(CN)s2)CCO1. The second kappa shape index (κ2) is 5.99. The van der Waals surface area contributed by atoms with Gasteiger partial charge >= 0.3 is 0 Å². The van der Waals surface area contributed by atoms with Crippen LogP contribution in [0.15, 0.2) is 0 Å². The monoisotopic (exact) mass is 269 g/mol. The third kappa shape index (κ3) is 2.84. The van der Waals surface area contributed by atoms with Crippen molar-refractivity contribution in [2.45, 2.75) is 45.8 Å². The van der Waals surface area contributed by atoms with Crippen molar-refractivity contribution in [3.05, 3.63) is 10.6 Å². The van der Waals surface area contributed by atoms with Crippen molar-refractivity contribution in [2.75, 3.05) is 24.6 Å². The molecule has 1 saturated heterocycles. The van der Waals surface area contributed by atoms with Gasteiger partial charge < -0.3 is 15.4 Å². The molecule has 2 N–H and O–H groups in total. The summed E-state index contributed by atoms with van der Waals surface area (Å²) in [7, 11) is 0. The molecule has 1 unspecified atom stereocenters. The first kappa shape index (κ1) is 13.8. The number of hydrogen-bond donors (Lipinski definition) is 1. The van der Waals surface area contributed by atoms with Gasteiger partial charge in [-0.15, -0.1) is 11.3 Å². The fourth-order valence-corrected chi connectivity index (χ4v) is 3.35. The van der Waals surface area contributed by atoms with Gasteiger partial charge in [0.15, 0.2) is 5.13 Å². The van der Waals surface area contributed by atoms with E-state index >= 15 is 0 Å². The Morgan fingerprint density at radius 2 is 2.33 bits per heavy atom. The van der Waals surface area contributed by atoms with Gasteiger partial charge in [-0.1, -0.05) is 20.8 Å². The summed E-state index contributed by atoms with van der Waals surface area (Å²) in [5.41, 5.74) is 6.98. The highest BCUT2D eigenvalue weighted by Gasteiger charge is 2.23. The van der Waals surface area contributed by atoms with E-state index in [0.717, 1.165) is 36.9 Å². The average molecular weight is 269 g/mol. The summed E-state index contributed by atoms with van der Waals surface area (Å²) >= 11 is 1.74. The molecule has 1 aromatic rings. The zero-order chi connectivity index (χ0) is 13.1. The van der Waals surface area contributed by atoms with Gasteiger partial charge in [0, 0.05) is 24.5 Å². The molecule has 1 aliphatic rings. The third-order valence-corrected chi connectivity index (χ3v) is 4.47. The highest BCUT2D eigenvalue weighted by molar-refractivity contribution is 7.15. The van der Waals surface area contributed by atoms with Crippen LogP contribution in [0.25, 0.3) is 0 Å². The van der Waals surface area contributed by atoms with Crippen molar-refractivity contribution in [2.24, 2.45) is 5.73 Å². The molecule has 0 radical (unpaired) electrons. The molecule has 5 heteroatoms. The lowest BCUT2D eigenvalue weighted by Crippen LogP contribution is -2.42. The second-order valence-corrected chi connectivity index (χ2v) is 6.07. The summed E-state index contributed by atoms with van der Waals surface area (Å²) in [6.45, 7) is 9.79. The topological polar surface area (TPSA) is 51.4 Å². The van der Waals surface area contributed by atoms with Gasteiger partial charge in [-0.05, 0) is 12.3 Å². The molecule has 1 atom stereocenters. The smallest absolute Gasteiger partial charge is 0.186 e. The maximum Gasteiger partial charge on any atom is 0.186 e. The number of rotatable bonds is 4. The summed E-state index contributed by atoms with van der Waals surface area (Å²) in [6, 6.07) is 0. The second-order valence-electron chi connectivity index (χ2n) is 5.01. The normalized spacial score (nSPS) is 20.7. The third-order valence-electron chi connectivity index (χ3n) is 3.31. The molecule has 18 heavy (non-hydrogen) atoms. The van der Waals surface area contributed by atoms with E-state index in [-0.39, 0.29) is 0 Å². The Kier molecular flexibility index (Phi) is 4.59. The maximum atomic E-state index is 5.81. The van der Waals surface area contributed by atoms with Crippen LogP contribution < -0.4 is 10.6 Å². The van der Waals surface area contributed by atoms with Crippen molar-refractivity contribution in [1.82, 2.24) is 4.98 Å². The van der Waals surface area contributed by atoms with Crippen LogP contribution in [0.4, 0.5) is 5.13 Å². The predicted octanol–water partition coefficient (Wildman–Crippen LogP) is 2.34. The number of nitrogens with two attached hydrogens (primary N) is 1. The van der Waals surface area contributed by atoms with Gasteiger partial charge in [-0.2, -0.15) is 0 Å². The molecule has 0 saturated carbocycles. The van der Waals surface area contributed by atoms with Gasteiger partial charge in [-0.25, -0.2) is 4.98 Å². The standard InChI is InChI=1S/C13H23N3OS/c1-4-10-8-16(5-6-17-10)13-15-12(9(2)3)11(7-14)18-13/h9-10H,4-8,14H2,1-3H3. The van der Waals surface area contributed by atoms with E-state index in [4.69, 9.17) is 15.5 Å². The minimum atomic E-state index is 0.339. The summed E-state index contributed by atoms with van der Waals surface area (Å²) in [5, 5.41) is 1.11. The van der Waals surface area contributed by atoms with Crippen molar-refractivity contribution >= 4 is 16.5 Å². The van der Waals surface area contributed by atoms with E-state index in [9.17, 15) is 0 Å². The van der Waals surface area contributed by atoms with E-state index in [1.165, 1.54) is 4.88 Å². The number of thiazole rings is 1. The summed E-state index contributed by atoms with van der Waals surface area (Å²) in [5.74, 6) is 0.441. The molecule has 0 aliphatic carbocycles. The lowest BCUT2D eigenvalue weighted by Gasteiger charge is -2.32. The molecular formula is C13H23N3OS. The Morgan fingerprint density at radius 1 is 1.56 bits per heavy atom. The molecule has 0 aromatic carbocycles. The average Bonchev–Trinajstić information content (AvgIpc) is 2.83. The molecule has 1 fully saturated rings. The lowest BCUT2D eigenvalue weighted by atomic mass is 10.1.